The van der Waals surface area contributed by atoms with Crippen LogP contribution in [0.15, 0.2) is 54.6 Å². The first-order chi connectivity index (χ1) is 15.9. The maximum Gasteiger partial charge on any atom is 0.309 e. The molecule has 0 radical (unpaired) electrons. The molecule has 5 rings (SSSR count). The summed E-state index contributed by atoms with van der Waals surface area (Å²) in [5, 5.41) is 0.538. The highest BCUT2D eigenvalue weighted by molar-refractivity contribution is 6.35. The third-order valence-corrected chi connectivity index (χ3v) is 6.13. The number of morpholine rings is 1. The Morgan fingerprint density at radius 1 is 0.879 bits per heavy atom. The van der Waals surface area contributed by atoms with Gasteiger partial charge in [0.1, 0.15) is 11.6 Å². The van der Waals surface area contributed by atoms with Crippen LogP contribution in [0.1, 0.15) is 21.5 Å². The molecular weight excluding hydrogens is 475 g/mol. The second kappa shape index (κ2) is 8.48. The lowest BCUT2D eigenvalue weighted by Gasteiger charge is -2.29. The highest BCUT2D eigenvalue weighted by Gasteiger charge is 2.49. The summed E-state index contributed by atoms with van der Waals surface area (Å²) in [5.74, 6) is -3.62. The average molecular weight is 492 g/mol. The maximum atomic E-state index is 15.0. The Bertz CT molecular complexity index is 1250. The number of fused-ring (bicyclic) bond motifs is 1. The Labute approximate surface area is 198 Å². The van der Waals surface area contributed by atoms with Gasteiger partial charge in [0.15, 0.2) is 11.5 Å². The van der Waals surface area contributed by atoms with Crippen molar-refractivity contribution in [1.82, 2.24) is 4.90 Å². The molecule has 0 bridgehead atoms. The van der Waals surface area contributed by atoms with Gasteiger partial charge in [-0.15, -0.1) is 0 Å². The monoisotopic (exact) mass is 491 g/mol. The van der Waals surface area contributed by atoms with Crippen LogP contribution >= 0.6 is 23.2 Å². The smallest absolute Gasteiger partial charge is 0.309 e. The van der Waals surface area contributed by atoms with Crippen LogP contribution in [0.5, 0.6) is 11.5 Å². The van der Waals surface area contributed by atoms with E-state index in [1.54, 1.807) is 18.2 Å². The maximum absolute atomic E-state index is 15.0. The van der Waals surface area contributed by atoms with Gasteiger partial charge in [-0.1, -0.05) is 35.3 Å². The van der Waals surface area contributed by atoms with Gasteiger partial charge in [0.2, 0.25) is 0 Å². The lowest BCUT2D eigenvalue weighted by molar-refractivity contribution is -0.0486. The number of halogens is 4. The summed E-state index contributed by atoms with van der Waals surface area (Å²) in [4.78, 5) is 14.4. The van der Waals surface area contributed by atoms with Crippen LogP contribution in [0, 0.1) is 11.6 Å². The number of hydrogen-bond donors (Lipinski definition) is 0. The van der Waals surface area contributed by atoms with Gasteiger partial charge >= 0.3 is 5.79 Å². The molecule has 2 aliphatic rings. The molecule has 3 aromatic carbocycles. The molecule has 0 spiro atoms. The van der Waals surface area contributed by atoms with E-state index in [0.717, 1.165) is 6.07 Å². The molecule has 33 heavy (non-hydrogen) atoms. The van der Waals surface area contributed by atoms with E-state index in [4.69, 9.17) is 37.4 Å². The Balaban J connectivity index is 1.61. The van der Waals surface area contributed by atoms with Gasteiger partial charge in [0, 0.05) is 24.2 Å². The van der Waals surface area contributed by atoms with Gasteiger partial charge in [-0.25, -0.2) is 8.78 Å². The van der Waals surface area contributed by atoms with Crippen LogP contribution in [0.2, 0.25) is 10.0 Å². The van der Waals surface area contributed by atoms with E-state index in [1.165, 1.54) is 35.2 Å². The number of rotatable bonds is 3. The largest absolute Gasteiger partial charge is 0.440 e. The van der Waals surface area contributed by atoms with Crippen molar-refractivity contribution in [2.24, 2.45) is 0 Å². The molecule has 3 aromatic rings. The van der Waals surface area contributed by atoms with E-state index in [9.17, 15) is 13.6 Å². The van der Waals surface area contributed by atoms with E-state index in [-0.39, 0.29) is 33.2 Å². The van der Waals surface area contributed by atoms with E-state index in [2.05, 4.69) is 0 Å². The number of nitrogens with zero attached hydrogens (tertiary/aromatic N) is 1. The topological polar surface area (TPSA) is 48.0 Å². The molecule has 1 saturated heterocycles. The molecule has 0 unspecified atom stereocenters. The van der Waals surface area contributed by atoms with Gasteiger partial charge in [-0.2, -0.15) is 0 Å². The molecule has 0 saturated carbocycles. The van der Waals surface area contributed by atoms with Gasteiger partial charge < -0.3 is 19.1 Å². The molecule has 0 N–H and O–H groups in total. The van der Waals surface area contributed by atoms with Crippen molar-refractivity contribution >= 4 is 29.1 Å². The van der Waals surface area contributed by atoms with Crippen LogP contribution in [-0.2, 0) is 10.5 Å². The lowest BCUT2D eigenvalue weighted by Crippen LogP contribution is -2.41. The van der Waals surface area contributed by atoms with Gasteiger partial charge in [0.05, 0.1) is 34.9 Å². The van der Waals surface area contributed by atoms with Crippen molar-refractivity contribution in [3.8, 4) is 11.5 Å². The van der Waals surface area contributed by atoms with E-state index in [0.29, 0.717) is 31.3 Å². The van der Waals surface area contributed by atoms with Gasteiger partial charge in [-0.05, 0) is 36.4 Å². The molecule has 2 aliphatic heterocycles. The van der Waals surface area contributed by atoms with E-state index < -0.39 is 23.3 Å². The minimum absolute atomic E-state index is 0.0142. The molecule has 0 aromatic heterocycles. The SMILES string of the molecule is O=C(c1cc2c(cc1F)O[C@@](c1ccccc1F)(c1ccc(Cl)cc1Cl)O2)N1CCOCC1. The summed E-state index contributed by atoms with van der Waals surface area (Å²) in [6.45, 7) is 1.46. The van der Waals surface area contributed by atoms with Crippen LogP contribution in [-0.4, -0.2) is 37.1 Å². The zero-order valence-corrected chi connectivity index (χ0v) is 18.6. The van der Waals surface area contributed by atoms with E-state index in [1.807, 2.05) is 0 Å². The van der Waals surface area contributed by atoms with Crippen LogP contribution in [0.4, 0.5) is 8.78 Å². The summed E-state index contributed by atoms with van der Waals surface area (Å²) in [5.41, 5.74) is 0.133. The molecule has 5 nitrogen and oxygen atoms in total. The first kappa shape index (κ1) is 21.9. The van der Waals surface area contributed by atoms with Crippen molar-refractivity contribution in [3.05, 3.63) is 93.0 Å². The van der Waals surface area contributed by atoms with Crippen LogP contribution < -0.4 is 9.47 Å². The summed E-state index contributed by atoms with van der Waals surface area (Å²) in [7, 11) is 0. The third-order valence-electron chi connectivity index (χ3n) is 5.58. The van der Waals surface area contributed by atoms with Crippen LogP contribution in [0.25, 0.3) is 0 Å². The van der Waals surface area contributed by atoms with Crippen molar-refractivity contribution < 1.29 is 27.8 Å². The minimum atomic E-state index is -1.84. The third kappa shape index (κ3) is 3.80. The fourth-order valence-corrected chi connectivity index (χ4v) is 4.51. The lowest BCUT2D eigenvalue weighted by atomic mass is 9.96. The minimum Gasteiger partial charge on any atom is -0.440 e. The number of hydrogen-bond acceptors (Lipinski definition) is 4. The number of amides is 1. The zero-order chi connectivity index (χ0) is 23.2. The molecule has 0 aliphatic carbocycles. The molecule has 1 amide bonds. The number of ether oxygens (including phenoxy) is 3. The molecular formula is C24H17Cl2F2NO4. The number of carbonyl (C=O) groups excluding carboxylic acids is 1. The van der Waals surface area contributed by atoms with E-state index >= 15 is 0 Å². The van der Waals surface area contributed by atoms with Crippen molar-refractivity contribution in [2.75, 3.05) is 26.3 Å². The van der Waals surface area contributed by atoms with Crippen LogP contribution in [0.3, 0.4) is 0 Å². The highest BCUT2D eigenvalue weighted by Crippen LogP contribution is 2.50. The Hall–Kier alpha value is -2.87. The summed E-state index contributed by atoms with van der Waals surface area (Å²) >= 11 is 12.5. The molecule has 1 fully saturated rings. The first-order valence-corrected chi connectivity index (χ1v) is 10.9. The standard InChI is InChI=1S/C24H17Cl2F2NO4/c25-14-5-6-16(18(26)11-14)24(17-3-1-2-4-19(17)27)32-21-12-15(20(28)13-22(21)33-24)23(30)29-7-9-31-10-8-29/h1-6,11-13H,7-10H2/t24-/m1/s1. The van der Waals surface area contributed by atoms with Gasteiger partial charge in [-0.3, -0.25) is 4.79 Å². The summed E-state index contributed by atoms with van der Waals surface area (Å²) in [6, 6.07) is 12.8. The first-order valence-electron chi connectivity index (χ1n) is 10.2. The molecule has 170 valence electrons. The van der Waals surface area contributed by atoms with Crippen molar-refractivity contribution in [1.29, 1.82) is 0 Å². The fourth-order valence-electron chi connectivity index (χ4n) is 3.98. The Kier molecular flexibility index (Phi) is 5.64. The second-order valence-electron chi connectivity index (χ2n) is 7.61. The number of carbonyl (C=O) groups is 1. The van der Waals surface area contributed by atoms with Crippen molar-refractivity contribution in [2.45, 2.75) is 5.79 Å². The average Bonchev–Trinajstić information content (AvgIpc) is 3.17. The Morgan fingerprint density at radius 2 is 1.58 bits per heavy atom. The molecule has 9 heteroatoms. The fraction of sp³-hybridized carbons (Fsp3) is 0.208. The summed E-state index contributed by atoms with van der Waals surface area (Å²) in [6.07, 6.45) is 0. The van der Waals surface area contributed by atoms with Crippen molar-refractivity contribution in [3.63, 3.8) is 0 Å². The molecule has 1 atom stereocenters. The second-order valence-corrected chi connectivity index (χ2v) is 8.45. The summed E-state index contributed by atoms with van der Waals surface area (Å²) < 4.78 is 47.4. The predicted molar refractivity (Wildman–Crippen MR) is 118 cm³/mol. The quantitative estimate of drug-likeness (QED) is 0.491. The number of benzene rings is 3. The normalized spacial score (nSPS) is 19.6. The molecule has 2 heterocycles. The Morgan fingerprint density at radius 3 is 2.27 bits per heavy atom. The zero-order valence-electron chi connectivity index (χ0n) is 17.1. The predicted octanol–water partition coefficient (Wildman–Crippen LogP) is 5.42. The highest BCUT2D eigenvalue weighted by atomic mass is 35.5. The van der Waals surface area contributed by atoms with Gasteiger partial charge in [0.25, 0.3) is 5.91 Å².